The van der Waals surface area contributed by atoms with Crippen molar-refractivity contribution in [1.29, 1.82) is 0 Å². The first-order valence-corrected chi connectivity index (χ1v) is 9.67. The van der Waals surface area contributed by atoms with Crippen molar-refractivity contribution in [1.82, 2.24) is 9.97 Å². The quantitative estimate of drug-likeness (QED) is 0.345. The molecule has 2 N–H and O–H groups in total. The van der Waals surface area contributed by atoms with Crippen LogP contribution in [0.3, 0.4) is 0 Å². The van der Waals surface area contributed by atoms with E-state index >= 15 is 0 Å². The average molecular weight is 414 g/mol. The lowest BCUT2D eigenvalue weighted by molar-refractivity contribution is 0.0997. The van der Waals surface area contributed by atoms with Crippen LogP contribution in [0.4, 0.5) is 5.69 Å². The molecule has 0 unspecified atom stereocenters. The first-order valence-electron chi connectivity index (χ1n) is 8.10. The van der Waals surface area contributed by atoms with E-state index in [1.54, 1.807) is 18.3 Å². The van der Waals surface area contributed by atoms with Crippen LogP contribution in [0.25, 0.3) is 21.5 Å². The minimum Gasteiger partial charge on any atom is -0.397 e. The van der Waals surface area contributed by atoms with E-state index in [-0.39, 0.29) is 12.2 Å². The second kappa shape index (κ2) is 7.27. The number of nitrogen functional groups attached to an aromatic ring is 1. The zero-order valence-electron chi connectivity index (χ0n) is 13.9. The highest BCUT2D eigenvalue weighted by Gasteiger charge is 2.18. The molecule has 0 aliphatic heterocycles. The summed E-state index contributed by atoms with van der Waals surface area (Å²) in [5.74, 6) is -0.0623. The van der Waals surface area contributed by atoms with Gasteiger partial charge in [0, 0.05) is 28.6 Å². The van der Waals surface area contributed by atoms with Gasteiger partial charge in [-0.3, -0.25) is 4.79 Å². The van der Waals surface area contributed by atoms with Gasteiger partial charge in [0.25, 0.3) is 0 Å². The molecule has 4 rings (SSSR count). The van der Waals surface area contributed by atoms with Crippen LogP contribution in [0.15, 0.2) is 54.7 Å². The molecule has 0 aliphatic carbocycles. The number of rotatable bonds is 4. The molecule has 0 atom stereocenters. The Morgan fingerprint density at radius 3 is 2.52 bits per heavy atom. The fourth-order valence-electron chi connectivity index (χ4n) is 2.76. The van der Waals surface area contributed by atoms with Crippen molar-refractivity contribution < 1.29 is 4.79 Å². The van der Waals surface area contributed by atoms with Gasteiger partial charge in [-0.2, -0.15) is 0 Å². The lowest BCUT2D eigenvalue weighted by Crippen LogP contribution is -2.04. The molecule has 4 nitrogen and oxygen atoms in total. The van der Waals surface area contributed by atoms with E-state index in [0.717, 1.165) is 27.0 Å². The minimum absolute atomic E-state index is 0.0623. The number of hydrogen-bond acceptors (Lipinski definition) is 5. The topological polar surface area (TPSA) is 68.9 Å². The zero-order valence-corrected chi connectivity index (χ0v) is 16.3. The second-order valence-corrected chi connectivity index (χ2v) is 7.81. The third kappa shape index (κ3) is 3.67. The van der Waals surface area contributed by atoms with Gasteiger partial charge >= 0.3 is 0 Å². The summed E-state index contributed by atoms with van der Waals surface area (Å²) in [4.78, 5) is 22.6. The monoisotopic (exact) mass is 413 g/mol. The van der Waals surface area contributed by atoms with E-state index in [1.807, 2.05) is 36.4 Å². The van der Waals surface area contributed by atoms with Crippen molar-refractivity contribution in [2.75, 3.05) is 5.73 Å². The van der Waals surface area contributed by atoms with E-state index in [0.29, 0.717) is 20.7 Å². The number of thiophene rings is 1. The molecule has 0 aliphatic rings. The summed E-state index contributed by atoms with van der Waals surface area (Å²) in [6.45, 7) is 0. The number of hydrogen-bond donors (Lipinski definition) is 1. The molecule has 3 aromatic heterocycles. The number of nitrogens with zero attached hydrogens (tertiary/aromatic N) is 2. The lowest BCUT2D eigenvalue weighted by Gasteiger charge is -2.01. The van der Waals surface area contributed by atoms with Crippen LogP contribution in [0, 0.1) is 0 Å². The van der Waals surface area contributed by atoms with E-state index in [1.165, 1.54) is 11.3 Å². The number of ketones is 1. The van der Waals surface area contributed by atoms with Gasteiger partial charge in [-0.1, -0.05) is 41.4 Å². The molecule has 4 aromatic rings. The maximum atomic E-state index is 12.7. The van der Waals surface area contributed by atoms with Gasteiger partial charge in [-0.05, 0) is 35.9 Å². The zero-order chi connectivity index (χ0) is 19.0. The number of carbonyl (C=O) groups excluding carboxylic acids is 1. The normalized spacial score (nSPS) is 11.0. The van der Waals surface area contributed by atoms with Crippen LogP contribution in [-0.4, -0.2) is 15.8 Å². The molecule has 0 bridgehead atoms. The third-order valence-corrected chi connectivity index (χ3v) is 5.77. The second-order valence-electron chi connectivity index (χ2n) is 5.99. The van der Waals surface area contributed by atoms with E-state index in [4.69, 9.17) is 28.9 Å². The molecule has 3 heterocycles. The number of nitrogens with two attached hydrogens (primary N) is 1. The van der Waals surface area contributed by atoms with Gasteiger partial charge in [-0.25, -0.2) is 9.97 Å². The highest BCUT2D eigenvalue weighted by molar-refractivity contribution is 7.21. The fourth-order valence-corrected chi connectivity index (χ4v) is 4.03. The number of carbonyl (C=O) groups is 1. The smallest absolute Gasteiger partial charge is 0.179 e. The largest absolute Gasteiger partial charge is 0.397 e. The Bertz CT molecular complexity index is 1140. The molecular weight excluding hydrogens is 401 g/mol. The van der Waals surface area contributed by atoms with E-state index in [2.05, 4.69) is 9.97 Å². The molecule has 0 saturated heterocycles. The summed E-state index contributed by atoms with van der Waals surface area (Å²) >= 11 is 13.0. The average Bonchev–Trinajstić information content (AvgIpc) is 3.00. The molecule has 1 aromatic carbocycles. The summed E-state index contributed by atoms with van der Waals surface area (Å²) in [7, 11) is 0. The highest BCUT2D eigenvalue weighted by Crippen LogP contribution is 2.35. The van der Waals surface area contributed by atoms with Gasteiger partial charge in [0.2, 0.25) is 0 Å². The predicted octanol–water partition coefficient (Wildman–Crippen LogP) is 5.67. The Labute approximate surface area is 169 Å². The molecule has 27 heavy (non-hydrogen) atoms. The highest BCUT2D eigenvalue weighted by atomic mass is 35.5. The Balaban J connectivity index is 1.67. The fraction of sp³-hybridized carbons (Fsp3) is 0.0500. The van der Waals surface area contributed by atoms with Crippen molar-refractivity contribution in [3.63, 3.8) is 0 Å². The van der Waals surface area contributed by atoms with Crippen LogP contribution in [0.1, 0.15) is 15.2 Å². The number of Topliss-reactive ketones (excluding diaryl/α,β-unsaturated/α-hetero) is 1. The molecular formula is C20H13Cl2N3OS. The van der Waals surface area contributed by atoms with E-state index in [9.17, 15) is 4.79 Å². The van der Waals surface area contributed by atoms with Crippen molar-refractivity contribution in [2.45, 2.75) is 6.42 Å². The van der Waals surface area contributed by atoms with Crippen molar-refractivity contribution in [3.05, 3.63) is 75.3 Å². The number of halogens is 2. The molecule has 0 fully saturated rings. The first-order chi connectivity index (χ1) is 13.0. The Morgan fingerprint density at radius 2 is 1.81 bits per heavy atom. The molecule has 0 saturated carbocycles. The van der Waals surface area contributed by atoms with Crippen molar-refractivity contribution in [3.8, 4) is 11.3 Å². The number of aromatic nitrogens is 2. The molecule has 0 spiro atoms. The van der Waals surface area contributed by atoms with Crippen molar-refractivity contribution >= 4 is 56.2 Å². The Hall–Kier alpha value is -2.47. The summed E-state index contributed by atoms with van der Waals surface area (Å²) in [6, 6.07) is 14.7. The minimum atomic E-state index is -0.0623. The number of fused-ring (bicyclic) bond motifs is 1. The molecule has 7 heteroatoms. The standard InChI is InChI=1S/C20H13Cl2N3OS/c21-13-4-2-12(3-5-13)15-7-6-14-18(23)19(27-20(14)25-15)16(26)9-11-1-8-17(22)24-10-11/h1-8,10H,9,23H2. The summed E-state index contributed by atoms with van der Waals surface area (Å²) in [5, 5.41) is 1.85. The third-order valence-electron chi connectivity index (χ3n) is 4.14. The SMILES string of the molecule is Nc1c(C(=O)Cc2ccc(Cl)nc2)sc2nc(-c3ccc(Cl)cc3)ccc12. The lowest BCUT2D eigenvalue weighted by atomic mass is 10.1. The Morgan fingerprint density at radius 1 is 1.04 bits per heavy atom. The van der Waals surface area contributed by atoms with E-state index < -0.39 is 0 Å². The Kier molecular flexibility index (Phi) is 4.83. The maximum Gasteiger partial charge on any atom is 0.179 e. The molecule has 134 valence electrons. The van der Waals surface area contributed by atoms with Crippen LogP contribution in [0.5, 0.6) is 0 Å². The summed E-state index contributed by atoms with van der Waals surface area (Å²) in [5.41, 5.74) is 9.24. The summed E-state index contributed by atoms with van der Waals surface area (Å²) < 4.78 is 0. The maximum absolute atomic E-state index is 12.7. The van der Waals surface area contributed by atoms with Gasteiger partial charge in [0.05, 0.1) is 16.3 Å². The number of pyridine rings is 2. The number of benzene rings is 1. The van der Waals surface area contributed by atoms with Gasteiger partial charge < -0.3 is 5.73 Å². The van der Waals surface area contributed by atoms with Gasteiger partial charge in [0.1, 0.15) is 9.98 Å². The van der Waals surface area contributed by atoms with Gasteiger partial charge in [-0.15, -0.1) is 11.3 Å². The molecule has 0 radical (unpaired) electrons. The van der Waals surface area contributed by atoms with Gasteiger partial charge in [0.15, 0.2) is 5.78 Å². The first kappa shape index (κ1) is 17.9. The molecule has 0 amide bonds. The van der Waals surface area contributed by atoms with Crippen LogP contribution < -0.4 is 5.73 Å². The summed E-state index contributed by atoms with van der Waals surface area (Å²) in [6.07, 6.45) is 1.81. The number of anilines is 1. The predicted molar refractivity (Wildman–Crippen MR) is 112 cm³/mol. The van der Waals surface area contributed by atoms with Crippen LogP contribution in [0.2, 0.25) is 10.2 Å². The van der Waals surface area contributed by atoms with Crippen molar-refractivity contribution in [2.24, 2.45) is 0 Å². The van der Waals surface area contributed by atoms with Crippen LogP contribution in [-0.2, 0) is 6.42 Å². The van der Waals surface area contributed by atoms with Crippen LogP contribution >= 0.6 is 34.5 Å².